The van der Waals surface area contributed by atoms with Crippen LogP contribution in [-0.2, 0) is 11.2 Å². The Morgan fingerprint density at radius 1 is 0.971 bits per heavy atom. The molecule has 0 saturated heterocycles. The van der Waals surface area contributed by atoms with Gasteiger partial charge in [-0.2, -0.15) is 0 Å². The fourth-order valence-electron chi connectivity index (χ4n) is 3.28. The summed E-state index contributed by atoms with van der Waals surface area (Å²) in [5.41, 5.74) is 1.22. The highest BCUT2D eigenvalue weighted by Gasteiger charge is 2.29. The van der Waals surface area contributed by atoms with E-state index in [2.05, 4.69) is 20.6 Å². The van der Waals surface area contributed by atoms with Crippen molar-refractivity contribution in [2.75, 3.05) is 5.75 Å². The van der Waals surface area contributed by atoms with Gasteiger partial charge in [0.25, 0.3) is 5.91 Å². The van der Waals surface area contributed by atoms with Crippen LogP contribution in [0.1, 0.15) is 28.9 Å². The summed E-state index contributed by atoms with van der Waals surface area (Å²) in [6.45, 7) is 0. The molecule has 0 bridgehead atoms. The average molecular weight is 478 g/mol. The summed E-state index contributed by atoms with van der Waals surface area (Å²) in [5, 5.41) is 25.1. The number of carbonyl (C=O) groups is 2. The average Bonchev–Trinajstić information content (AvgIpc) is 2.87. The summed E-state index contributed by atoms with van der Waals surface area (Å²) in [7, 11) is -1.72. The number of hydrogen-bond donors (Lipinski definition) is 4. The quantitative estimate of drug-likeness (QED) is 0.232. The molecule has 0 spiro atoms. The molecule has 2 aromatic carbocycles. The van der Waals surface area contributed by atoms with Gasteiger partial charge in [0.1, 0.15) is 11.7 Å². The van der Waals surface area contributed by atoms with Gasteiger partial charge in [-0.15, -0.1) is 11.8 Å². The Bertz CT molecular complexity index is 1030. The fourth-order valence-corrected chi connectivity index (χ4v) is 4.22. The van der Waals surface area contributed by atoms with Crippen molar-refractivity contribution >= 4 is 30.7 Å². The van der Waals surface area contributed by atoms with E-state index >= 15 is 0 Å². The van der Waals surface area contributed by atoms with E-state index in [1.165, 1.54) is 30.4 Å². The third-order valence-corrected chi connectivity index (χ3v) is 6.19. The monoisotopic (exact) mass is 478 g/mol. The number of thioether (sulfide) groups is 1. The summed E-state index contributed by atoms with van der Waals surface area (Å²) in [6, 6.07) is 18.4. The highest BCUT2D eigenvalue weighted by Crippen LogP contribution is 2.18. The molecule has 0 unspecified atom stereocenters. The number of rotatable bonds is 12. The van der Waals surface area contributed by atoms with Crippen LogP contribution in [0.5, 0.6) is 0 Å². The first kappa shape index (κ1) is 25.4. The van der Waals surface area contributed by atoms with E-state index in [-0.39, 0.29) is 11.4 Å². The summed E-state index contributed by atoms with van der Waals surface area (Å²) in [6.07, 6.45) is 5.94. The lowest BCUT2D eigenvalue weighted by Gasteiger charge is -2.23. The molecule has 2 amide bonds. The van der Waals surface area contributed by atoms with Crippen molar-refractivity contribution in [2.45, 2.75) is 36.1 Å². The third kappa shape index (κ3) is 8.29. The Kier molecular flexibility index (Phi) is 10.1. The maximum absolute atomic E-state index is 13.1. The molecule has 3 rings (SSSR count). The summed E-state index contributed by atoms with van der Waals surface area (Å²) < 4.78 is 0. The van der Waals surface area contributed by atoms with Crippen molar-refractivity contribution in [2.24, 2.45) is 0 Å². The Morgan fingerprint density at radius 3 is 2.32 bits per heavy atom. The molecule has 1 heterocycles. The lowest BCUT2D eigenvalue weighted by atomic mass is 9.76. The number of hydrogen-bond acceptors (Lipinski definition) is 7. The van der Waals surface area contributed by atoms with Crippen molar-refractivity contribution in [3.8, 4) is 0 Å². The van der Waals surface area contributed by atoms with Crippen LogP contribution < -0.4 is 10.6 Å². The van der Waals surface area contributed by atoms with Crippen LogP contribution in [-0.4, -0.2) is 56.7 Å². The van der Waals surface area contributed by atoms with E-state index < -0.39 is 30.9 Å². The zero-order valence-electron chi connectivity index (χ0n) is 18.6. The Labute approximate surface area is 203 Å². The second-order valence-electron chi connectivity index (χ2n) is 7.65. The molecule has 0 aliphatic rings. The van der Waals surface area contributed by atoms with Crippen LogP contribution in [0.4, 0.5) is 0 Å². The summed E-state index contributed by atoms with van der Waals surface area (Å²) in [5.74, 6) is -1.65. The molecular weight excluding hydrogens is 451 g/mol. The molecule has 4 N–H and O–H groups in total. The number of nitrogens with one attached hydrogen (secondary N) is 2. The zero-order chi connectivity index (χ0) is 24.2. The molecule has 176 valence electrons. The van der Waals surface area contributed by atoms with Crippen LogP contribution in [0.25, 0.3) is 0 Å². The molecule has 34 heavy (non-hydrogen) atoms. The van der Waals surface area contributed by atoms with Gasteiger partial charge in [-0.3, -0.25) is 14.6 Å². The second kappa shape index (κ2) is 13.5. The van der Waals surface area contributed by atoms with Gasteiger partial charge in [-0.05, 0) is 37.0 Å². The van der Waals surface area contributed by atoms with Gasteiger partial charge < -0.3 is 20.7 Å². The maximum atomic E-state index is 13.1. The SMILES string of the molecule is O=C(N[C@H](CSc1ccccc1)C(=O)N[C@@H](CCCc1ccccc1)B(O)O)c1cnccn1. The van der Waals surface area contributed by atoms with Crippen LogP contribution >= 0.6 is 11.8 Å². The van der Waals surface area contributed by atoms with E-state index in [0.717, 1.165) is 16.9 Å². The highest BCUT2D eigenvalue weighted by atomic mass is 32.2. The second-order valence-corrected chi connectivity index (χ2v) is 8.74. The summed E-state index contributed by atoms with van der Waals surface area (Å²) >= 11 is 1.41. The van der Waals surface area contributed by atoms with Gasteiger partial charge in [-0.25, -0.2) is 4.98 Å². The van der Waals surface area contributed by atoms with Crippen molar-refractivity contribution in [3.63, 3.8) is 0 Å². The molecule has 1 aromatic heterocycles. The van der Waals surface area contributed by atoms with Gasteiger partial charge in [-0.1, -0.05) is 48.5 Å². The standard InChI is InChI=1S/C24H27BN4O4S/c30-23(20-16-26-14-15-27-20)28-21(17-34-19-11-5-2-6-12-19)24(31)29-22(25(32)33)13-7-10-18-8-3-1-4-9-18/h1-6,8-9,11-12,14-16,21-22,32-33H,7,10,13,17H2,(H,28,30)(H,29,31)/t21-,22+/m1/s1. The van der Waals surface area contributed by atoms with Crippen molar-refractivity contribution in [1.29, 1.82) is 0 Å². The van der Waals surface area contributed by atoms with E-state index in [1.807, 2.05) is 60.7 Å². The predicted octanol–water partition coefficient (Wildman–Crippen LogP) is 1.89. The number of benzene rings is 2. The molecule has 0 radical (unpaired) electrons. The molecule has 3 aromatic rings. The first-order valence-electron chi connectivity index (χ1n) is 11.0. The van der Waals surface area contributed by atoms with Crippen molar-refractivity contribution < 1.29 is 19.6 Å². The molecule has 0 aliphatic heterocycles. The molecule has 2 atom stereocenters. The first-order valence-corrected chi connectivity index (χ1v) is 12.0. The molecule has 8 nitrogen and oxygen atoms in total. The lowest BCUT2D eigenvalue weighted by Crippen LogP contribution is -2.55. The van der Waals surface area contributed by atoms with Gasteiger partial charge >= 0.3 is 7.12 Å². The van der Waals surface area contributed by atoms with Crippen LogP contribution in [0.2, 0.25) is 0 Å². The van der Waals surface area contributed by atoms with Crippen LogP contribution in [0.15, 0.2) is 84.1 Å². The smallest absolute Gasteiger partial charge is 0.426 e. The molecule has 0 fully saturated rings. The zero-order valence-corrected chi connectivity index (χ0v) is 19.4. The lowest BCUT2D eigenvalue weighted by molar-refractivity contribution is -0.122. The van der Waals surface area contributed by atoms with Crippen molar-refractivity contribution in [3.05, 3.63) is 90.5 Å². The Balaban J connectivity index is 1.64. The molecular formula is C24H27BN4O4S. The minimum Gasteiger partial charge on any atom is -0.426 e. The van der Waals surface area contributed by atoms with Gasteiger partial charge in [0.15, 0.2) is 0 Å². The van der Waals surface area contributed by atoms with Crippen molar-refractivity contribution in [1.82, 2.24) is 20.6 Å². The Morgan fingerprint density at radius 2 is 1.68 bits per heavy atom. The molecule has 0 saturated carbocycles. The largest absolute Gasteiger partial charge is 0.475 e. The first-order chi connectivity index (χ1) is 16.5. The van der Waals surface area contributed by atoms with Gasteiger partial charge in [0, 0.05) is 23.0 Å². The van der Waals surface area contributed by atoms with E-state index in [1.54, 1.807) is 0 Å². The van der Waals surface area contributed by atoms with E-state index in [0.29, 0.717) is 12.8 Å². The maximum Gasteiger partial charge on any atom is 0.475 e. The van der Waals surface area contributed by atoms with Crippen LogP contribution in [0.3, 0.4) is 0 Å². The van der Waals surface area contributed by atoms with E-state index in [9.17, 15) is 19.6 Å². The fraction of sp³-hybridized carbons (Fsp3) is 0.250. The third-order valence-electron chi connectivity index (χ3n) is 5.09. The molecule has 0 aliphatic carbocycles. The number of aryl methyl sites for hydroxylation is 1. The number of aromatic nitrogens is 2. The topological polar surface area (TPSA) is 124 Å². The Hall–Kier alpha value is -3.21. The number of carbonyl (C=O) groups excluding carboxylic acids is 2. The minimum absolute atomic E-state index is 0.0895. The van der Waals surface area contributed by atoms with E-state index in [4.69, 9.17) is 0 Å². The highest BCUT2D eigenvalue weighted by molar-refractivity contribution is 7.99. The number of nitrogens with zero attached hydrogens (tertiary/aromatic N) is 2. The summed E-state index contributed by atoms with van der Waals surface area (Å²) in [4.78, 5) is 34.5. The minimum atomic E-state index is -1.72. The van der Waals surface area contributed by atoms with Gasteiger partial charge in [0.05, 0.1) is 12.1 Å². The molecule has 10 heteroatoms. The predicted molar refractivity (Wildman–Crippen MR) is 132 cm³/mol. The number of amides is 2. The van der Waals surface area contributed by atoms with Crippen LogP contribution in [0, 0.1) is 0 Å². The van der Waals surface area contributed by atoms with Gasteiger partial charge in [0.2, 0.25) is 5.91 Å². The normalized spacial score (nSPS) is 12.4.